The molecule has 1 heterocycles. The molecule has 0 atom stereocenters. The van der Waals surface area contributed by atoms with Crippen molar-refractivity contribution in [2.45, 2.75) is 19.8 Å². The van der Waals surface area contributed by atoms with Gasteiger partial charge in [0.15, 0.2) is 0 Å². The molecule has 1 N–H and O–H groups in total. The van der Waals surface area contributed by atoms with Gasteiger partial charge in [0.2, 0.25) is 11.8 Å². The van der Waals surface area contributed by atoms with Crippen molar-refractivity contribution in [2.75, 3.05) is 26.7 Å². The molecule has 1 aliphatic rings. The van der Waals surface area contributed by atoms with Gasteiger partial charge in [-0.25, -0.2) is 10.3 Å². The lowest BCUT2D eigenvalue weighted by molar-refractivity contribution is -0.133. The molecule has 0 aliphatic carbocycles. The quantitative estimate of drug-likeness (QED) is 0.514. The van der Waals surface area contributed by atoms with Crippen molar-refractivity contribution >= 4 is 17.8 Å². The van der Waals surface area contributed by atoms with Crippen LogP contribution >= 0.6 is 0 Å². The van der Waals surface area contributed by atoms with Crippen molar-refractivity contribution in [1.29, 1.82) is 0 Å². The average molecular weight is 243 g/mol. The number of amides is 4. The Morgan fingerprint density at radius 3 is 2.71 bits per heavy atom. The van der Waals surface area contributed by atoms with Gasteiger partial charge in [0.25, 0.3) is 0 Å². The molecule has 1 saturated heterocycles. The zero-order chi connectivity index (χ0) is 12.8. The molecule has 0 spiro atoms. The molecule has 0 bridgehead atoms. The summed E-state index contributed by atoms with van der Waals surface area (Å²) in [6.07, 6.45) is 0.658. The van der Waals surface area contributed by atoms with Crippen LogP contribution < -0.4 is 5.48 Å². The normalized spacial score (nSPS) is 15.6. The second-order valence-corrected chi connectivity index (χ2v) is 3.75. The summed E-state index contributed by atoms with van der Waals surface area (Å²) in [7, 11) is 1.57. The molecule has 96 valence electrons. The summed E-state index contributed by atoms with van der Waals surface area (Å²) < 4.78 is 0. The molecular formula is C10H17N3O4. The van der Waals surface area contributed by atoms with E-state index in [4.69, 9.17) is 4.84 Å². The SMILES string of the molecule is CCONC(=O)CCCN1C(=O)CN(C)C1=O. The Hall–Kier alpha value is -1.63. The van der Waals surface area contributed by atoms with Gasteiger partial charge < -0.3 is 4.90 Å². The van der Waals surface area contributed by atoms with Crippen LogP contribution in [0.15, 0.2) is 0 Å². The molecule has 0 aromatic heterocycles. The van der Waals surface area contributed by atoms with Crippen molar-refractivity contribution in [2.24, 2.45) is 0 Å². The summed E-state index contributed by atoms with van der Waals surface area (Å²) in [5.74, 6) is -0.470. The van der Waals surface area contributed by atoms with Crippen molar-refractivity contribution in [3.05, 3.63) is 0 Å². The number of hydrogen-bond donors (Lipinski definition) is 1. The standard InChI is InChI=1S/C10H17N3O4/c1-3-17-11-8(14)5-4-6-13-9(15)7-12(2)10(13)16/h3-7H2,1-2H3,(H,11,14). The summed E-state index contributed by atoms with van der Waals surface area (Å²) >= 11 is 0. The lowest BCUT2D eigenvalue weighted by Gasteiger charge is -2.13. The van der Waals surface area contributed by atoms with Gasteiger partial charge in [0.1, 0.15) is 6.54 Å². The maximum Gasteiger partial charge on any atom is 0.326 e. The second-order valence-electron chi connectivity index (χ2n) is 3.75. The van der Waals surface area contributed by atoms with E-state index in [9.17, 15) is 14.4 Å². The minimum absolute atomic E-state index is 0.115. The predicted octanol–water partition coefficient (Wildman–Crippen LogP) is -0.272. The monoisotopic (exact) mass is 243 g/mol. The van der Waals surface area contributed by atoms with Gasteiger partial charge in [-0.15, -0.1) is 0 Å². The maximum atomic E-state index is 11.5. The molecule has 1 aliphatic heterocycles. The van der Waals surface area contributed by atoms with Crippen molar-refractivity contribution in [1.82, 2.24) is 15.3 Å². The van der Waals surface area contributed by atoms with E-state index in [-0.39, 0.29) is 37.4 Å². The van der Waals surface area contributed by atoms with E-state index in [2.05, 4.69) is 5.48 Å². The summed E-state index contributed by atoms with van der Waals surface area (Å²) in [6, 6.07) is -0.305. The van der Waals surface area contributed by atoms with Gasteiger partial charge in [-0.05, 0) is 13.3 Å². The Kier molecular flexibility index (Phi) is 4.89. The number of likely N-dealkylation sites (N-methyl/N-ethyl adjacent to an activating group) is 1. The third kappa shape index (κ3) is 3.70. The summed E-state index contributed by atoms with van der Waals surface area (Å²) in [4.78, 5) is 41.3. The summed E-state index contributed by atoms with van der Waals surface area (Å²) in [6.45, 7) is 2.54. The molecule has 0 aromatic rings. The van der Waals surface area contributed by atoms with Gasteiger partial charge in [-0.1, -0.05) is 0 Å². The number of urea groups is 1. The fourth-order valence-corrected chi connectivity index (χ4v) is 1.49. The number of carbonyl (C=O) groups excluding carboxylic acids is 3. The van der Waals surface area contributed by atoms with Crippen LogP contribution in [0.5, 0.6) is 0 Å². The van der Waals surface area contributed by atoms with Crippen LogP contribution in [0.4, 0.5) is 4.79 Å². The number of hydroxylamine groups is 1. The highest BCUT2D eigenvalue weighted by Gasteiger charge is 2.32. The third-order valence-electron chi connectivity index (χ3n) is 2.35. The topological polar surface area (TPSA) is 79.0 Å². The van der Waals surface area contributed by atoms with E-state index < -0.39 is 0 Å². The first-order chi connectivity index (χ1) is 8.06. The Bertz CT molecular complexity index is 319. The highest BCUT2D eigenvalue weighted by atomic mass is 16.6. The van der Waals surface area contributed by atoms with Crippen LogP contribution in [0, 0.1) is 0 Å². The van der Waals surface area contributed by atoms with Gasteiger partial charge in [0.05, 0.1) is 6.61 Å². The first kappa shape index (κ1) is 13.4. The van der Waals surface area contributed by atoms with Gasteiger partial charge in [-0.2, -0.15) is 0 Å². The Balaban J connectivity index is 2.25. The second kappa shape index (κ2) is 6.19. The Labute approximate surface area is 99.6 Å². The molecule has 0 radical (unpaired) electrons. The van der Waals surface area contributed by atoms with Crippen LogP contribution in [0.25, 0.3) is 0 Å². The predicted molar refractivity (Wildman–Crippen MR) is 58.7 cm³/mol. The number of imide groups is 1. The molecule has 7 nitrogen and oxygen atoms in total. The van der Waals surface area contributed by atoms with E-state index >= 15 is 0 Å². The summed E-state index contributed by atoms with van der Waals surface area (Å²) in [5.41, 5.74) is 2.25. The first-order valence-electron chi connectivity index (χ1n) is 5.52. The minimum atomic E-state index is -0.305. The molecule has 1 rings (SSSR count). The number of rotatable bonds is 6. The molecule has 4 amide bonds. The molecular weight excluding hydrogens is 226 g/mol. The van der Waals surface area contributed by atoms with E-state index in [0.29, 0.717) is 13.0 Å². The molecule has 0 saturated carbocycles. The molecule has 0 aromatic carbocycles. The molecule has 1 fully saturated rings. The highest BCUT2D eigenvalue weighted by molar-refractivity contribution is 6.01. The zero-order valence-electron chi connectivity index (χ0n) is 10.1. The fourth-order valence-electron chi connectivity index (χ4n) is 1.49. The van der Waals surface area contributed by atoms with E-state index in [0.717, 1.165) is 4.90 Å². The van der Waals surface area contributed by atoms with Crippen LogP contribution in [0.1, 0.15) is 19.8 Å². The van der Waals surface area contributed by atoms with E-state index in [1.165, 1.54) is 4.90 Å². The smallest absolute Gasteiger partial charge is 0.318 e. The van der Waals surface area contributed by atoms with Gasteiger partial charge >= 0.3 is 6.03 Å². The van der Waals surface area contributed by atoms with Crippen LogP contribution in [0.2, 0.25) is 0 Å². The third-order valence-corrected chi connectivity index (χ3v) is 2.35. The zero-order valence-corrected chi connectivity index (χ0v) is 10.1. The van der Waals surface area contributed by atoms with Crippen molar-refractivity contribution in [3.8, 4) is 0 Å². The van der Waals surface area contributed by atoms with E-state index in [1.54, 1.807) is 14.0 Å². The molecule has 0 unspecified atom stereocenters. The van der Waals surface area contributed by atoms with Gasteiger partial charge in [0, 0.05) is 20.0 Å². The largest absolute Gasteiger partial charge is 0.326 e. The van der Waals surface area contributed by atoms with Crippen LogP contribution in [0.3, 0.4) is 0 Å². The minimum Gasteiger partial charge on any atom is -0.318 e. The lowest BCUT2D eigenvalue weighted by Crippen LogP contribution is -2.33. The first-order valence-corrected chi connectivity index (χ1v) is 5.52. The van der Waals surface area contributed by atoms with E-state index in [1.807, 2.05) is 0 Å². The maximum absolute atomic E-state index is 11.5. The molecule has 17 heavy (non-hydrogen) atoms. The highest BCUT2D eigenvalue weighted by Crippen LogP contribution is 2.08. The van der Waals surface area contributed by atoms with Gasteiger partial charge in [-0.3, -0.25) is 19.3 Å². The Morgan fingerprint density at radius 1 is 1.47 bits per heavy atom. The number of hydrogen-bond acceptors (Lipinski definition) is 4. The average Bonchev–Trinajstić information content (AvgIpc) is 2.53. The van der Waals surface area contributed by atoms with Crippen molar-refractivity contribution < 1.29 is 19.2 Å². The Morgan fingerprint density at radius 2 is 2.18 bits per heavy atom. The fraction of sp³-hybridized carbons (Fsp3) is 0.700. The van der Waals surface area contributed by atoms with Crippen molar-refractivity contribution in [3.63, 3.8) is 0 Å². The number of nitrogens with one attached hydrogen (secondary N) is 1. The van der Waals surface area contributed by atoms with Crippen LogP contribution in [-0.4, -0.2) is 54.4 Å². The molecule has 7 heteroatoms. The number of nitrogens with zero attached hydrogens (tertiary/aromatic N) is 2. The summed E-state index contributed by atoms with van der Waals surface area (Å²) in [5, 5.41) is 0. The number of carbonyl (C=O) groups is 3. The lowest BCUT2D eigenvalue weighted by atomic mass is 10.3. The van der Waals surface area contributed by atoms with Crippen LogP contribution in [-0.2, 0) is 14.4 Å².